The van der Waals surface area contributed by atoms with Crippen molar-refractivity contribution in [2.24, 2.45) is 0 Å². The van der Waals surface area contributed by atoms with Gasteiger partial charge in [0.05, 0.1) is 24.5 Å². The fourth-order valence-corrected chi connectivity index (χ4v) is 1.79. The molecule has 0 radical (unpaired) electrons. The van der Waals surface area contributed by atoms with E-state index >= 15 is 0 Å². The molecule has 1 N–H and O–H groups in total. The molecule has 0 heterocycles. The molecule has 0 fully saturated rings. The molecule has 20 heavy (non-hydrogen) atoms. The highest BCUT2D eigenvalue weighted by atomic mass is 16.5. The molecule has 0 aliphatic rings. The van der Waals surface area contributed by atoms with Gasteiger partial charge in [0.2, 0.25) is 0 Å². The molecule has 1 aromatic carbocycles. The van der Waals surface area contributed by atoms with Crippen LogP contribution in [0.2, 0.25) is 0 Å². The van der Waals surface area contributed by atoms with E-state index in [0.717, 1.165) is 30.2 Å². The number of hydrogen-bond donors (Lipinski definition) is 1. The van der Waals surface area contributed by atoms with Gasteiger partial charge in [-0.15, -0.1) is 0 Å². The minimum absolute atomic E-state index is 0.129. The lowest BCUT2D eigenvalue weighted by Crippen LogP contribution is -2.25. The van der Waals surface area contributed by atoms with Crippen LogP contribution in [0.4, 0.5) is 5.69 Å². The molecule has 0 aliphatic carbocycles. The summed E-state index contributed by atoms with van der Waals surface area (Å²) in [5, 5.41) is 3.40. The molecule has 0 saturated heterocycles. The van der Waals surface area contributed by atoms with Gasteiger partial charge in [-0.05, 0) is 46.2 Å². The van der Waals surface area contributed by atoms with Gasteiger partial charge >= 0.3 is 0 Å². The Labute approximate surface area is 122 Å². The van der Waals surface area contributed by atoms with Crippen molar-refractivity contribution in [3.05, 3.63) is 18.2 Å². The number of ether oxygens (including phenoxy) is 3. The molecule has 4 heteroatoms. The summed E-state index contributed by atoms with van der Waals surface area (Å²) in [4.78, 5) is 0. The van der Waals surface area contributed by atoms with Crippen LogP contribution in [0.25, 0.3) is 0 Å². The smallest absolute Gasteiger partial charge is 0.142 e. The maximum Gasteiger partial charge on any atom is 0.142 e. The molecule has 0 bridgehead atoms. The molecule has 1 rings (SSSR count). The van der Waals surface area contributed by atoms with E-state index in [1.807, 2.05) is 32.0 Å². The lowest BCUT2D eigenvalue weighted by molar-refractivity contribution is 0.0185. The molecule has 0 amide bonds. The fourth-order valence-electron chi connectivity index (χ4n) is 1.79. The van der Waals surface area contributed by atoms with Gasteiger partial charge in [-0.2, -0.15) is 0 Å². The summed E-state index contributed by atoms with van der Waals surface area (Å²) in [6.45, 7) is 10.2. The molecule has 0 spiro atoms. The third kappa shape index (κ3) is 5.29. The summed E-state index contributed by atoms with van der Waals surface area (Å²) in [7, 11) is 1.74. The van der Waals surface area contributed by atoms with Crippen molar-refractivity contribution in [3.63, 3.8) is 0 Å². The first kappa shape index (κ1) is 16.6. The quantitative estimate of drug-likeness (QED) is 0.749. The number of hydrogen-bond acceptors (Lipinski definition) is 4. The molecule has 114 valence electrons. The third-order valence-electron chi connectivity index (χ3n) is 3.16. The van der Waals surface area contributed by atoms with Gasteiger partial charge in [-0.25, -0.2) is 0 Å². The molecule has 0 atom stereocenters. The second-order valence-corrected chi connectivity index (χ2v) is 5.16. The van der Waals surface area contributed by atoms with E-state index in [9.17, 15) is 0 Å². The van der Waals surface area contributed by atoms with Gasteiger partial charge in [-0.3, -0.25) is 0 Å². The Morgan fingerprint density at radius 2 is 1.80 bits per heavy atom. The van der Waals surface area contributed by atoms with Crippen LogP contribution in [0.3, 0.4) is 0 Å². The van der Waals surface area contributed by atoms with Crippen LogP contribution in [-0.2, 0) is 4.74 Å². The van der Waals surface area contributed by atoms with Crippen molar-refractivity contribution in [1.82, 2.24) is 0 Å². The number of anilines is 1. The minimum atomic E-state index is -0.129. The van der Waals surface area contributed by atoms with E-state index in [1.165, 1.54) is 0 Å². The first-order valence-corrected chi connectivity index (χ1v) is 7.21. The molecule has 0 saturated carbocycles. The topological polar surface area (TPSA) is 39.7 Å². The van der Waals surface area contributed by atoms with Crippen molar-refractivity contribution < 1.29 is 14.2 Å². The number of nitrogens with one attached hydrogen (secondary N) is 1. The van der Waals surface area contributed by atoms with Gasteiger partial charge in [-0.1, -0.05) is 0 Å². The van der Waals surface area contributed by atoms with Crippen LogP contribution in [0, 0.1) is 0 Å². The lowest BCUT2D eigenvalue weighted by Gasteiger charge is -2.23. The summed E-state index contributed by atoms with van der Waals surface area (Å²) in [5.74, 6) is 1.70. The molecule has 4 nitrogen and oxygen atoms in total. The van der Waals surface area contributed by atoms with E-state index in [0.29, 0.717) is 13.2 Å². The zero-order valence-corrected chi connectivity index (χ0v) is 13.3. The zero-order valence-electron chi connectivity index (χ0n) is 13.3. The van der Waals surface area contributed by atoms with Crippen LogP contribution in [0.15, 0.2) is 18.2 Å². The average molecular weight is 281 g/mol. The standard InChI is InChI=1S/C16H27NO3/c1-6-19-13-8-9-15(20-7-2)14(12-13)17-11-10-16(3,4)18-5/h8-9,12,17H,6-7,10-11H2,1-5H3. The second kappa shape index (κ2) is 8.00. The van der Waals surface area contributed by atoms with E-state index in [4.69, 9.17) is 14.2 Å². The molecule has 0 aromatic heterocycles. The Balaban J connectivity index is 2.71. The van der Waals surface area contributed by atoms with Crippen LogP contribution in [0.1, 0.15) is 34.1 Å². The highest BCUT2D eigenvalue weighted by molar-refractivity contribution is 5.59. The second-order valence-electron chi connectivity index (χ2n) is 5.16. The molecular weight excluding hydrogens is 254 g/mol. The SMILES string of the molecule is CCOc1ccc(OCC)c(NCCC(C)(C)OC)c1. The maximum absolute atomic E-state index is 5.63. The highest BCUT2D eigenvalue weighted by Crippen LogP contribution is 2.29. The molecule has 0 aliphatic heterocycles. The first-order valence-electron chi connectivity index (χ1n) is 7.21. The highest BCUT2D eigenvalue weighted by Gasteiger charge is 2.16. The Kier molecular flexibility index (Phi) is 6.65. The first-order chi connectivity index (χ1) is 9.52. The third-order valence-corrected chi connectivity index (χ3v) is 3.16. The normalized spacial score (nSPS) is 11.2. The van der Waals surface area contributed by atoms with Crippen molar-refractivity contribution >= 4 is 5.69 Å². The fraction of sp³-hybridized carbons (Fsp3) is 0.625. The van der Waals surface area contributed by atoms with Gasteiger partial charge in [0.1, 0.15) is 11.5 Å². The number of methoxy groups -OCH3 is 1. The van der Waals surface area contributed by atoms with Gasteiger partial charge in [0, 0.05) is 19.7 Å². The zero-order chi connectivity index (χ0) is 15.0. The largest absolute Gasteiger partial charge is 0.494 e. The predicted octanol–water partition coefficient (Wildman–Crippen LogP) is 3.71. The lowest BCUT2D eigenvalue weighted by atomic mass is 10.1. The minimum Gasteiger partial charge on any atom is -0.494 e. The Hall–Kier alpha value is -1.42. The van der Waals surface area contributed by atoms with Gasteiger partial charge < -0.3 is 19.5 Å². The van der Waals surface area contributed by atoms with E-state index in [-0.39, 0.29) is 5.60 Å². The van der Waals surface area contributed by atoms with Crippen LogP contribution in [-0.4, -0.2) is 32.5 Å². The molecular formula is C16H27NO3. The van der Waals surface area contributed by atoms with E-state index in [1.54, 1.807) is 7.11 Å². The Bertz CT molecular complexity index is 405. The summed E-state index contributed by atoms with van der Waals surface area (Å²) >= 11 is 0. The summed E-state index contributed by atoms with van der Waals surface area (Å²) in [6, 6.07) is 5.85. The van der Waals surface area contributed by atoms with Crippen molar-refractivity contribution in [3.8, 4) is 11.5 Å². The summed E-state index contributed by atoms with van der Waals surface area (Å²) in [6.07, 6.45) is 0.911. The van der Waals surface area contributed by atoms with Crippen LogP contribution in [0.5, 0.6) is 11.5 Å². The molecule has 1 aromatic rings. The van der Waals surface area contributed by atoms with Crippen LogP contribution < -0.4 is 14.8 Å². The predicted molar refractivity (Wildman–Crippen MR) is 83.0 cm³/mol. The van der Waals surface area contributed by atoms with E-state index < -0.39 is 0 Å². The van der Waals surface area contributed by atoms with Crippen molar-refractivity contribution in [1.29, 1.82) is 0 Å². The summed E-state index contributed by atoms with van der Waals surface area (Å²) in [5.41, 5.74) is 0.834. The number of rotatable bonds is 9. The van der Waals surface area contributed by atoms with Gasteiger partial charge in [0.15, 0.2) is 0 Å². The summed E-state index contributed by atoms with van der Waals surface area (Å²) < 4.78 is 16.6. The molecule has 0 unspecified atom stereocenters. The van der Waals surface area contributed by atoms with Gasteiger partial charge in [0.25, 0.3) is 0 Å². The Morgan fingerprint density at radius 3 is 2.40 bits per heavy atom. The van der Waals surface area contributed by atoms with Crippen molar-refractivity contribution in [2.45, 2.75) is 39.7 Å². The number of benzene rings is 1. The monoisotopic (exact) mass is 281 g/mol. The maximum atomic E-state index is 5.63. The van der Waals surface area contributed by atoms with E-state index in [2.05, 4.69) is 19.2 Å². The Morgan fingerprint density at radius 1 is 1.10 bits per heavy atom. The average Bonchev–Trinajstić information content (AvgIpc) is 2.42. The van der Waals surface area contributed by atoms with Crippen LogP contribution >= 0.6 is 0 Å². The van der Waals surface area contributed by atoms with Crippen molar-refractivity contribution in [2.75, 3.05) is 32.2 Å².